The molecule has 0 spiro atoms. The van der Waals surface area contributed by atoms with E-state index in [1.54, 1.807) is 22.7 Å². The Morgan fingerprint density at radius 2 is 1.03 bits per heavy atom. The van der Waals surface area contributed by atoms with Gasteiger partial charge >= 0.3 is 0 Å². The van der Waals surface area contributed by atoms with Crippen LogP contribution in [-0.2, 0) is 0 Å². The standard InChI is InChI=1S/C24H10N2O2S2/c27-21-11-3-1-9-15-12(22(28)17-19(9)25-13-5-7-29-23(13)17)4-2-10(16(11)15)20-18(21)24-14(26-20)6-8-30-24/h1-8,17-18H. The molecule has 2 aliphatic carbocycles. The summed E-state index contributed by atoms with van der Waals surface area (Å²) < 4.78 is 0. The van der Waals surface area contributed by atoms with Gasteiger partial charge in [0.05, 0.1) is 22.8 Å². The Balaban J connectivity index is 1.49. The Morgan fingerprint density at radius 1 is 0.600 bits per heavy atom. The number of nitrogens with zero attached hydrogens (tertiary/aromatic N) is 2. The molecule has 4 heterocycles. The van der Waals surface area contributed by atoms with Crippen LogP contribution in [-0.4, -0.2) is 23.0 Å². The highest BCUT2D eigenvalue weighted by Crippen LogP contribution is 2.52. The summed E-state index contributed by atoms with van der Waals surface area (Å²) in [6, 6.07) is 11.8. The molecular formula is C24H10N2O2S2. The maximum Gasteiger partial charge on any atom is 0.177 e. The third kappa shape index (κ3) is 1.56. The fraction of sp³-hybridized carbons (Fsp3) is 0.0833. The molecule has 4 aliphatic rings. The summed E-state index contributed by atoms with van der Waals surface area (Å²) in [6.07, 6.45) is 0. The minimum absolute atomic E-state index is 0.0770. The van der Waals surface area contributed by atoms with E-state index in [1.807, 2.05) is 47.2 Å². The second-order valence-corrected chi connectivity index (χ2v) is 9.90. The molecule has 0 bridgehead atoms. The van der Waals surface area contributed by atoms with Crippen molar-refractivity contribution in [2.24, 2.45) is 9.98 Å². The molecule has 0 radical (unpaired) electrons. The number of carbonyl (C=O) groups is 2. The van der Waals surface area contributed by atoms with E-state index in [2.05, 4.69) is 0 Å². The predicted octanol–water partition coefficient (Wildman–Crippen LogP) is 5.79. The first-order valence-electron chi connectivity index (χ1n) is 9.73. The van der Waals surface area contributed by atoms with E-state index in [0.717, 1.165) is 54.5 Å². The molecule has 2 unspecified atom stereocenters. The number of rotatable bonds is 0. The molecule has 4 aromatic rings. The van der Waals surface area contributed by atoms with Gasteiger partial charge in [0.2, 0.25) is 0 Å². The zero-order valence-corrected chi connectivity index (χ0v) is 16.9. The van der Waals surface area contributed by atoms with E-state index >= 15 is 0 Å². The second kappa shape index (κ2) is 4.91. The maximum absolute atomic E-state index is 13.5. The lowest BCUT2D eigenvalue weighted by molar-refractivity contribution is 0.0975. The lowest BCUT2D eigenvalue weighted by atomic mass is 9.73. The van der Waals surface area contributed by atoms with Gasteiger partial charge in [-0.1, -0.05) is 24.3 Å². The number of ketones is 2. The van der Waals surface area contributed by atoms with E-state index in [9.17, 15) is 9.59 Å². The maximum atomic E-state index is 13.5. The largest absolute Gasteiger partial charge is 0.293 e. The number of Topliss-reactive ketones (excluding diaryl/α,β-unsaturated/α-hetero) is 2. The van der Waals surface area contributed by atoms with Gasteiger partial charge in [0, 0.05) is 42.8 Å². The van der Waals surface area contributed by atoms with E-state index in [-0.39, 0.29) is 23.4 Å². The van der Waals surface area contributed by atoms with Crippen LogP contribution >= 0.6 is 22.7 Å². The van der Waals surface area contributed by atoms with Crippen LogP contribution in [0, 0.1) is 0 Å². The molecule has 4 nitrogen and oxygen atoms in total. The molecule has 0 amide bonds. The van der Waals surface area contributed by atoms with Gasteiger partial charge in [0.25, 0.3) is 0 Å². The summed E-state index contributed by atoms with van der Waals surface area (Å²) in [5, 5.41) is 5.71. The highest BCUT2D eigenvalue weighted by molar-refractivity contribution is 7.11. The molecule has 0 N–H and O–H groups in total. The molecule has 2 atom stereocenters. The monoisotopic (exact) mass is 422 g/mol. The van der Waals surface area contributed by atoms with Crippen LogP contribution in [0.25, 0.3) is 10.8 Å². The van der Waals surface area contributed by atoms with Crippen molar-refractivity contribution in [1.82, 2.24) is 0 Å². The predicted molar refractivity (Wildman–Crippen MR) is 119 cm³/mol. The van der Waals surface area contributed by atoms with E-state index < -0.39 is 0 Å². The highest BCUT2D eigenvalue weighted by Gasteiger charge is 2.45. The highest BCUT2D eigenvalue weighted by atomic mass is 32.1. The normalized spacial score (nSPS) is 21.9. The number of thiophene rings is 2. The molecule has 6 heteroatoms. The smallest absolute Gasteiger partial charge is 0.177 e. The van der Waals surface area contributed by atoms with Crippen molar-refractivity contribution in [2.75, 3.05) is 0 Å². The third-order valence-electron chi connectivity index (χ3n) is 6.67. The van der Waals surface area contributed by atoms with Gasteiger partial charge in [0.1, 0.15) is 11.8 Å². The molecule has 2 aromatic carbocycles. The molecular weight excluding hydrogens is 412 g/mol. The Bertz CT molecular complexity index is 1480. The summed E-state index contributed by atoms with van der Waals surface area (Å²) in [5.74, 6) is -0.495. The van der Waals surface area contributed by atoms with Gasteiger partial charge in [-0.05, 0) is 22.9 Å². The van der Waals surface area contributed by atoms with Crippen molar-refractivity contribution >= 4 is 67.8 Å². The van der Waals surface area contributed by atoms with Crippen molar-refractivity contribution < 1.29 is 9.59 Å². The fourth-order valence-corrected chi connectivity index (χ4v) is 7.31. The summed E-state index contributed by atoms with van der Waals surface area (Å²) in [4.78, 5) is 38.7. The van der Waals surface area contributed by atoms with Crippen molar-refractivity contribution in [3.63, 3.8) is 0 Å². The van der Waals surface area contributed by atoms with Gasteiger partial charge in [-0.15, -0.1) is 22.7 Å². The number of hydrogen-bond donors (Lipinski definition) is 0. The number of fused-ring (bicyclic) bond motifs is 8. The number of aliphatic imine (C=N–C) groups is 2. The van der Waals surface area contributed by atoms with Crippen LogP contribution in [0.1, 0.15) is 53.4 Å². The Morgan fingerprint density at radius 3 is 1.50 bits per heavy atom. The zero-order chi connectivity index (χ0) is 19.7. The molecule has 8 rings (SSSR count). The summed E-state index contributed by atoms with van der Waals surface area (Å²) >= 11 is 3.17. The van der Waals surface area contributed by atoms with Crippen molar-refractivity contribution in [2.45, 2.75) is 11.8 Å². The molecule has 2 aromatic heterocycles. The van der Waals surface area contributed by atoms with E-state index in [0.29, 0.717) is 11.1 Å². The average molecular weight is 422 g/mol. The first-order valence-corrected chi connectivity index (χ1v) is 11.5. The topological polar surface area (TPSA) is 58.9 Å². The summed E-state index contributed by atoms with van der Waals surface area (Å²) in [6.45, 7) is 0. The minimum Gasteiger partial charge on any atom is -0.293 e. The Kier molecular flexibility index (Phi) is 2.55. The molecule has 0 saturated heterocycles. The lowest BCUT2D eigenvalue weighted by Gasteiger charge is -2.28. The Hall–Kier alpha value is -3.22. The molecule has 0 saturated carbocycles. The van der Waals surface area contributed by atoms with Gasteiger partial charge < -0.3 is 0 Å². The SMILES string of the molecule is O=C1c2ccc3c4c(ccc(c24)C2=Nc4ccsc4C12)C(=O)C1C3=Nc2ccsc21. The van der Waals surface area contributed by atoms with Gasteiger partial charge in [-0.3, -0.25) is 19.6 Å². The van der Waals surface area contributed by atoms with Gasteiger partial charge in [0.15, 0.2) is 11.6 Å². The summed E-state index contributed by atoms with van der Waals surface area (Å²) in [5.41, 5.74) is 6.75. The minimum atomic E-state index is -0.324. The van der Waals surface area contributed by atoms with Crippen LogP contribution in [0.2, 0.25) is 0 Å². The van der Waals surface area contributed by atoms with E-state index in [1.165, 1.54) is 0 Å². The van der Waals surface area contributed by atoms with Crippen molar-refractivity contribution in [3.8, 4) is 0 Å². The molecule has 30 heavy (non-hydrogen) atoms. The second-order valence-electron chi connectivity index (χ2n) is 8.00. The lowest BCUT2D eigenvalue weighted by Crippen LogP contribution is -2.29. The van der Waals surface area contributed by atoms with Crippen LogP contribution in [0.15, 0.2) is 57.1 Å². The molecule has 140 valence electrons. The van der Waals surface area contributed by atoms with Crippen LogP contribution < -0.4 is 0 Å². The number of carbonyl (C=O) groups excluding carboxylic acids is 2. The zero-order valence-electron chi connectivity index (χ0n) is 15.3. The average Bonchev–Trinajstić information content (AvgIpc) is 3.49. The van der Waals surface area contributed by atoms with Crippen LogP contribution in [0.3, 0.4) is 0 Å². The van der Waals surface area contributed by atoms with Crippen molar-refractivity contribution in [1.29, 1.82) is 0 Å². The first-order chi connectivity index (χ1) is 14.7. The van der Waals surface area contributed by atoms with Gasteiger partial charge in [-0.25, -0.2) is 0 Å². The quantitative estimate of drug-likeness (QED) is 0.360. The van der Waals surface area contributed by atoms with E-state index in [4.69, 9.17) is 9.98 Å². The van der Waals surface area contributed by atoms with Crippen LogP contribution in [0.5, 0.6) is 0 Å². The fourth-order valence-electron chi connectivity index (χ4n) is 5.44. The first kappa shape index (κ1) is 15.6. The molecule has 0 fully saturated rings. The van der Waals surface area contributed by atoms with Crippen molar-refractivity contribution in [3.05, 3.63) is 79.2 Å². The Labute approximate surface area is 178 Å². The number of benzene rings is 2. The molecule has 2 aliphatic heterocycles. The number of hydrogen-bond acceptors (Lipinski definition) is 6. The van der Waals surface area contributed by atoms with Gasteiger partial charge in [-0.2, -0.15) is 0 Å². The van der Waals surface area contributed by atoms with Crippen LogP contribution in [0.4, 0.5) is 11.4 Å². The summed E-state index contributed by atoms with van der Waals surface area (Å²) in [7, 11) is 0. The third-order valence-corrected chi connectivity index (χ3v) is 8.61.